The van der Waals surface area contributed by atoms with Gasteiger partial charge in [0.2, 0.25) is 5.88 Å². The highest BCUT2D eigenvalue weighted by Gasteiger charge is 2.06. The SMILES string of the molecule is CNC(C)c1ccc(Oc2ccc(C)cc2Br)nc1. The fourth-order valence-corrected chi connectivity index (χ4v) is 2.25. The molecular weight excluding hydrogens is 304 g/mol. The van der Waals surface area contributed by atoms with E-state index in [4.69, 9.17) is 4.74 Å². The number of nitrogens with one attached hydrogen (secondary N) is 1. The second-order valence-corrected chi connectivity index (χ2v) is 5.33. The van der Waals surface area contributed by atoms with Crippen molar-refractivity contribution < 1.29 is 4.74 Å². The van der Waals surface area contributed by atoms with Crippen LogP contribution in [0.5, 0.6) is 11.6 Å². The van der Waals surface area contributed by atoms with E-state index in [0.717, 1.165) is 15.8 Å². The number of benzene rings is 1. The molecule has 0 amide bonds. The Morgan fingerprint density at radius 1 is 1.26 bits per heavy atom. The van der Waals surface area contributed by atoms with Gasteiger partial charge in [0.1, 0.15) is 5.75 Å². The maximum Gasteiger partial charge on any atom is 0.219 e. The maximum atomic E-state index is 5.75. The van der Waals surface area contributed by atoms with Gasteiger partial charge in [-0.3, -0.25) is 0 Å². The van der Waals surface area contributed by atoms with Crippen molar-refractivity contribution in [2.75, 3.05) is 7.05 Å². The lowest BCUT2D eigenvalue weighted by Gasteiger charge is -2.11. The summed E-state index contributed by atoms with van der Waals surface area (Å²) >= 11 is 3.49. The largest absolute Gasteiger partial charge is 0.438 e. The molecule has 2 rings (SSSR count). The predicted molar refractivity (Wildman–Crippen MR) is 80.7 cm³/mol. The summed E-state index contributed by atoms with van der Waals surface area (Å²) in [5, 5.41) is 3.18. The van der Waals surface area contributed by atoms with E-state index in [1.807, 2.05) is 50.5 Å². The lowest BCUT2D eigenvalue weighted by atomic mass is 10.1. The van der Waals surface area contributed by atoms with Crippen molar-refractivity contribution in [3.63, 3.8) is 0 Å². The third kappa shape index (κ3) is 3.55. The van der Waals surface area contributed by atoms with Crippen molar-refractivity contribution >= 4 is 15.9 Å². The maximum absolute atomic E-state index is 5.75. The highest BCUT2D eigenvalue weighted by molar-refractivity contribution is 9.10. The summed E-state index contributed by atoms with van der Waals surface area (Å²) < 4.78 is 6.69. The van der Waals surface area contributed by atoms with E-state index in [2.05, 4.69) is 33.2 Å². The van der Waals surface area contributed by atoms with Crippen molar-refractivity contribution in [1.29, 1.82) is 0 Å². The summed E-state index contributed by atoms with van der Waals surface area (Å²) in [4.78, 5) is 4.32. The number of ether oxygens (including phenoxy) is 1. The first-order valence-corrected chi connectivity index (χ1v) is 6.96. The first-order chi connectivity index (χ1) is 9.10. The molecular formula is C15H17BrN2O. The van der Waals surface area contributed by atoms with E-state index in [1.165, 1.54) is 5.56 Å². The Balaban J connectivity index is 2.15. The summed E-state index contributed by atoms with van der Waals surface area (Å²) in [6.07, 6.45) is 1.83. The number of pyridine rings is 1. The predicted octanol–water partition coefficient (Wildman–Crippen LogP) is 4.23. The first kappa shape index (κ1) is 14.0. The van der Waals surface area contributed by atoms with Crippen molar-refractivity contribution in [2.24, 2.45) is 0 Å². The van der Waals surface area contributed by atoms with Gasteiger partial charge in [-0.15, -0.1) is 0 Å². The molecule has 1 aromatic heterocycles. The smallest absolute Gasteiger partial charge is 0.219 e. The Labute approximate surface area is 122 Å². The molecule has 1 aromatic carbocycles. The molecule has 0 saturated carbocycles. The summed E-state index contributed by atoms with van der Waals surface area (Å²) in [6, 6.07) is 10.2. The van der Waals surface area contributed by atoms with E-state index in [9.17, 15) is 0 Å². The molecule has 0 aliphatic rings. The number of aryl methyl sites for hydroxylation is 1. The van der Waals surface area contributed by atoms with Crippen LogP contribution in [-0.2, 0) is 0 Å². The van der Waals surface area contributed by atoms with E-state index < -0.39 is 0 Å². The average molecular weight is 321 g/mol. The number of nitrogens with zero attached hydrogens (tertiary/aromatic N) is 1. The Morgan fingerprint density at radius 3 is 2.63 bits per heavy atom. The average Bonchev–Trinajstić information content (AvgIpc) is 2.42. The molecule has 1 atom stereocenters. The van der Waals surface area contributed by atoms with Gasteiger partial charge in [0, 0.05) is 18.3 Å². The molecule has 4 heteroatoms. The molecule has 100 valence electrons. The number of hydrogen-bond donors (Lipinski definition) is 1. The zero-order chi connectivity index (χ0) is 13.8. The van der Waals surface area contributed by atoms with E-state index in [1.54, 1.807) is 0 Å². The minimum atomic E-state index is 0.285. The molecule has 0 fully saturated rings. The standard InChI is InChI=1S/C15H17BrN2O/c1-10-4-6-14(13(16)8-10)19-15-7-5-12(9-18-15)11(2)17-3/h4-9,11,17H,1-3H3. The zero-order valence-electron chi connectivity index (χ0n) is 11.3. The minimum Gasteiger partial charge on any atom is -0.438 e. The van der Waals surface area contributed by atoms with Crippen LogP contribution < -0.4 is 10.1 Å². The summed E-state index contributed by atoms with van der Waals surface area (Å²) in [6.45, 7) is 4.13. The Morgan fingerprint density at radius 2 is 2.05 bits per heavy atom. The molecule has 2 aromatic rings. The van der Waals surface area contributed by atoms with Crippen molar-refractivity contribution in [3.05, 3.63) is 52.1 Å². The van der Waals surface area contributed by atoms with Gasteiger partial charge in [0.25, 0.3) is 0 Å². The topological polar surface area (TPSA) is 34.1 Å². The van der Waals surface area contributed by atoms with Gasteiger partial charge in [-0.1, -0.05) is 12.1 Å². The van der Waals surface area contributed by atoms with Gasteiger partial charge in [0.05, 0.1) is 4.47 Å². The molecule has 0 saturated heterocycles. The number of rotatable bonds is 4. The zero-order valence-corrected chi connectivity index (χ0v) is 12.9. The van der Waals surface area contributed by atoms with Crippen LogP contribution in [0.4, 0.5) is 0 Å². The first-order valence-electron chi connectivity index (χ1n) is 6.17. The van der Waals surface area contributed by atoms with Crippen LogP contribution in [0.3, 0.4) is 0 Å². The number of hydrogen-bond acceptors (Lipinski definition) is 3. The summed E-state index contributed by atoms with van der Waals surface area (Å²) in [7, 11) is 1.93. The van der Waals surface area contributed by atoms with Gasteiger partial charge >= 0.3 is 0 Å². The minimum absolute atomic E-state index is 0.285. The second kappa shape index (κ2) is 6.17. The molecule has 0 bridgehead atoms. The molecule has 0 aliphatic carbocycles. The fourth-order valence-electron chi connectivity index (χ4n) is 1.68. The van der Waals surface area contributed by atoms with Crippen LogP contribution in [0, 0.1) is 6.92 Å². The second-order valence-electron chi connectivity index (χ2n) is 4.48. The highest BCUT2D eigenvalue weighted by atomic mass is 79.9. The Kier molecular flexibility index (Phi) is 4.56. The summed E-state index contributed by atoms with van der Waals surface area (Å²) in [5.74, 6) is 1.36. The molecule has 3 nitrogen and oxygen atoms in total. The number of aromatic nitrogens is 1. The highest BCUT2D eigenvalue weighted by Crippen LogP contribution is 2.29. The van der Waals surface area contributed by atoms with Crippen LogP contribution >= 0.6 is 15.9 Å². The van der Waals surface area contributed by atoms with Crippen LogP contribution in [0.15, 0.2) is 41.0 Å². The normalized spacial score (nSPS) is 12.2. The number of halogens is 1. The van der Waals surface area contributed by atoms with Gasteiger partial charge < -0.3 is 10.1 Å². The van der Waals surface area contributed by atoms with E-state index in [0.29, 0.717) is 5.88 Å². The molecule has 0 radical (unpaired) electrons. The lowest BCUT2D eigenvalue weighted by Crippen LogP contribution is -2.12. The third-order valence-corrected chi connectivity index (χ3v) is 3.61. The molecule has 1 N–H and O–H groups in total. The fraction of sp³-hybridized carbons (Fsp3) is 0.267. The van der Waals surface area contributed by atoms with Gasteiger partial charge in [-0.05, 0) is 60.1 Å². The van der Waals surface area contributed by atoms with Crippen molar-refractivity contribution in [1.82, 2.24) is 10.3 Å². The van der Waals surface area contributed by atoms with E-state index >= 15 is 0 Å². The molecule has 0 aliphatic heterocycles. The molecule has 19 heavy (non-hydrogen) atoms. The molecule has 0 spiro atoms. The van der Waals surface area contributed by atoms with Gasteiger partial charge in [0.15, 0.2) is 0 Å². The Bertz CT molecular complexity index is 555. The van der Waals surface area contributed by atoms with Crippen molar-refractivity contribution in [2.45, 2.75) is 19.9 Å². The van der Waals surface area contributed by atoms with Crippen LogP contribution in [0.1, 0.15) is 24.1 Å². The van der Waals surface area contributed by atoms with Crippen LogP contribution in [-0.4, -0.2) is 12.0 Å². The van der Waals surface area contributed by atoms with Gasteiger partial charge in [-0.25, -0.2) is 4.98 Å². The van der Waals surface area contributed by atoms with Crippen LogP contribution in [0.25, 0.3) is 0 Å². The lowest BCUT2D eigenvalue weighted by molar-refractivity contribution is 0.459. The van der Waals surface area contributed by atoms with E-state index in [-0.39, 0.29) is 6.04 Å². The molecule has 1 heterocycles. The van der Waals surface area contributed by atoms with Gasteiger partial charge in [-0.2, -0.15) is 0 Å². The third-order valence-electron chi connectivity index (χ3n) is 2.99. The monoisotopic (exact) mass is 320 g/mol. The van der Waals surface area contributed by atoms with Crippen molar-refractivity contribution in [3.8, 4) is 11.6 Å². The molecule has 1 unspecified atom stereocenters. The van der Waals surface area contributed by atoms with Crippen LogP contribution in [0.2, 0.25) is 0 Å². The summed E-state index contributed by atoms with van der Waals surface area (Å²) in [5.41, 5.74) is 2.32. The Hall–Kier alpha value is -1.39. The quantitative estimate of drug-likeness (QED) is 0.915.